The fourth-order valence-electron chi connectivity index (χ4n) is 3.46. The number of halogens is 2. The van der Waals surface area contributed by atoms with Crippen molar-refractivity contribution in [1.82, 2.24) is 10.9 Å². The quantitative estimate of drug-likeness (QED) is 0.242. The molecule has 9 heteroatoms. The second-order valence-electron chi connectivity index (χ2n) is 7.88. The fourth-order valence-corrected chi connectivity index (χ4v) is 4.45. The van der Waals surface area contributed by atoms with Crippen molar-refractivity contribution in [2.45, 2.75) is 6.92 Å². The first-order valence-electron chi connectivity index (χ1n) is 10.9. The highest BCUT2D eigenvalue weighted by Gasteiger charge is 2.12. The van der Waals surface area contributed by atoms with Crippen molar-refractivity contribution >= 4 is 66.0 Å². The Morgan fingerprint density at radius 3 is 2.33 bits per heavy atom. The van der Waals surface area contributed by atoms with Gasteiger partial charge in [-0.05, 0) is 87.7 Å². The zero-order valence-electron chi connectivity index (χ0n) is 19.1. The smallest absolute Gasteiger partial charge is 0.276 e. The van der Waals surface area contributed by atoms with E-state index >= 15 is 0 Å². The molecular formula is C27H21Br2N3O4. The number of carbonyl (C=O) groups excluding carboxylic acids is 3. The summed E-state index contributed by atoms with van der Waals surface area (Å²) in [5, 5.41) is 4.76. The number of fused-ring (bicyclic) bond motifs is 1. The van der Waals surface area contributed by atoms with E-state index in [9.17, 15) is 14.4 Å². The molecule has 3 amide bonds. The summed E-state index contributed by atoms with van der Waals surface area (Å²) < 4.78 is 7.31. The number of ether oxygens (including phenoxy) is 1. The van der Waals surface area contributed by atoms with Crippen molar-refractivity contribution in [2.75, 3.05) is 11.9 Å². The molecule has 0 aromatic heterocycles. The van der Waals surface area contributed by atoms with Gasteiger partial charge < -0.3 is 10.1 Å². The number of benzene rings is 4. The summed E-state index contributed by atoms with van der Waals surface area (Å²) in [5.74, 6) is -0.746. The van der Waals surface area contributed by atoms with E-state index in [2.05, 4.69) is 48.0 Å². The van der Waals surface area contributed by atoms with Crippen molar-refractivity contribution in [3.63, 3.8) is 0 Å². The highest BCUT2D eigenvalue weighted by molar-refractivity contribution is 9.11. The molecule has 3 N–H and O–H groups in total. The van der Waals surface area contributed by atoms with Gasteiger partial charge in [0.15, 0.2) is 6.61 Å². The van der Waals surface area contributed by atoms with Crippen LogP contribution in [0, 0.1) is 6.92 Å². The fraction of sp³-hybridized carbons (Fsp3) is 0.0741. The third-order valence-electron chi connectivity index (χ3n) is 5.35. The van der Waals surface area contributed by atoms with Crippen molar-refractivity contribution in [1.29, 1.82) is 0 Å². The third kappa shape index (κ3) is 6.10. The van der Waals surface area contributed by atoms with Crippen LogP contribution in [-0.4, -0.2) is 24.3 Å². The van der Waals surface area contributed by atoms with Gasteiger partial charge in [-0.3, -0.25) is 25.2 Å². The Kier molecular flexibility index (Phi) is 8.02. The summed E-state index contributed by atoms with van der Waals surface area (Å²) in [5.41, 5.74) is 7.00. The Hall–Kier alpha value is -3.69. The van der Waals surface area contributed by atoms with Gasteiger partial charge in [0.05, 0.1) is 4.47 Å². The van der Waals surface area contributed by atoms with E-state index in [1.807, 2.05) is 43.3 Å². The molecule has 0 aliphatic rings. The van der Waals surface area contributed by atoms with E-state index in [1.54, 1.807) is 42.5 Å². The predicted octanol–water partition coefficient (Wildman–Crippen LogP) is 5.77. The van der Waals surface area contributed by atoms with Crippen LogP contribution in [-0.2, 0) is 4.79 Å². The Labute approximate surface area is 224 Å². The molecule has 4 rings (SSSR count). The van der Waals surface area contributed by atoms with Crippen LogP contribution in [0.25, 0.3) is 10.8 Å². The standard InChI is InChI=1S/C27H21Br2N3O4/c1-16-4-2-3-5-21(16)27(35)30-20-10-6-17(7-11-20)26(34)32-31-24(33)15-36-23-13-8-18-14-19(28)9-12-22(18)25(23)29/h2-14H,15H2,1H3,(H,30,35)(H,31,33)(H,32,34). The van der Waals surface area contributed by atoms with Gasteiger partial charge in [-0.25, -0.2) is 0 Å². The Morgan fingerprint density at radius 2 is 1.58 bits per heavy atom. The molecule has 0 fully saturated rings. The van der Waals surface area contributed by atoms with E-state index in [4.69, 9.17) is 4.74 Å². The van der Waals surface area contributed by atoms with Crippen LogP contribution in [0.15, 0.2) is 87.8 Å². The molecule has 0 unspecified atom stereocenters. The second-order valence-corrected chi connectivity index (χ2v) is 9.59. The van der Waals surface area contributed by atoms with Crippen LogP contribution in [0.1, 0.15) is 26.3 Å². The molecular weight excluding hydrogens is 590 g/mol. The number of hydrogen-bond donors (Lipinski definition) is 3. The van der Waals surface area contributed by atoms with Crippen molar-refractivity contribution in [3.05, 3.63) is 104 Å². The molecule has 0 heterocycles. The highest BCUT2D eigenvalue weighted by Crippen LogP contribution is 2.34. The number of nitrogens with one attached hydrogen (secondary N) is 3. The van der Waals surface area contributed by atoms with Gasteiger partial charge in [0.1, 0.15) is 5.75 Å². The van der Waals surface area contributed by atoms with Gasteiger partial charge in [0.2, 0.25) is 0 Å². The SMILES string of the molecule is Cc1ccccc1C(=O)Nc1ccc(C(=O)NNC(=O)COc2ccc3cc(Br)ccc3c2Br)cc1. The van der Waals surface area contributed by atoms with E-state index in [0.29, 0.717) is 22.6 Å². The topological polar surface area (TPSA) is 96.5 Å². The second kappa shape index (κ2) is 11.4. The first-order valence-corrected chi connectivity index (χ1v) is 12.5. The zero-order valence-corrected chi connectivity index (χ0v) is 22.3. The maximum absolute atomic E-state index is 12.4. The molecule has 0 aliphatic heterocycles. The normalized spacial score (nSPS) is 10.5. The van der Waals surface area contributed by atoms with E-state index in [1.165, 1.54) is 0 Å². The predicted molar refractivity (Wildman–Crippen MR) is 146 cm³/mol. The minimum atomic E-state index is -0.520. The van der Waals surface area contributed by atoms with Crippen molar-refractivity contribution < 1.29 is 19.1 Å². The maximum Gasteiger partial charge on any atom is 0.276 e. The monoisotopic (exact) mass is 609 g/mol. The first kappa shape index (κ1) is 25.4. The van der Waals surface area contributed by atoms with E-state index < -0.39 is 11.8 Å². The summed E-state index contributed by atoms with van der Waals surface area (Å²) in [6.07, 6.45) is 0. The molecule has 7 nitrogen and oxygen atoms in total. The van der Waals surface area contributed by atoms with Gasteiger partial charge in [0, 0.05) is 21.3 Å². The molecule has 0 radical (unpaired) electrons. The summed E-state index contributed by atoms with van der Waals surface area (Å²) in [6, 6.07) is 23.1. The number of carbonyl (C=O) groups is 3. The van der Waals surface area contributed by atoms with Crippen LogP contribution in [0.3, 0.4) is 0 Å². The molecule has 0 bridgehead atoms. The van der Waals surface area contributed by atoms with Crippen LogP contribution in [0.2, 0.25) is 0 Å². The average Bonchev–Trinajstić information content (AvgIpc) is 2.87. The molecule has 0 saturated heterocycles. The lowest BCUT2D eigenvalue weighted by molar-refractivity contribution is -0.123. The zero-order chi connectivity index (χ0) is 25.7. The molecule has 0 spiro atoms. The minimum Gasteiger partial charge on any atom is -0.483 e. The molecule has 182 valence electrons. The van der Waals surface area contributed by atoms with Gasteiger partial charge >= 0.3 is 0 Å². The number of hydrogen-bond acceptors (Lipinski definition) is 4. The third-order valence-corrected chi connectivity index (χ3v) is 6.66. The lowest BCUT2D eigenvalue weighted by Gasteiger charge is -2.12. The number of amides is 3. The lowest BCUT2D eigenvalue weighted by atomic mass is 10.1. The molecule has 0 saturated carbocycles. The summed E-state index contributed by atoms with van der Waals surface area (Å²) in [4.78, 5) is 37.0. The van der Waals surface area contributed by atoms with Gasteiger partial charge in [-0.1, -0.05) is 46.3 Å². The summed E-state index contributed by atoms with van der Waals surface area (Å²) >= 11 is 6.96. The van der Waals surface area contributed by atoms with E-state index in [-0.39, 0.29) is 12.5 Å². The highest BCUT2D eigenvalue weighted by atomic mass is 79.9. The van der Waals surface area contributed by atoms with Crippen LogP contribution < -0.4 is 20.9 Å². The number of anilines is 1. The first-order chi connectivity index (χ1) is 17.3. The maximum atomic E-state index is 12.4. The van der Waals surface area contributed by atoms with Crippen LogP contribution >= 0.6 is 31.9 Å². The largest absolute Gasteiger partial charge is 0.483 e. The van der Waals surface area contributed by atoms with Crippen LogP contribution in [0.5, 0.6) is 5.75 Å². The van der Waals surface area contributed by atoms with Gasteiger partial charge in [-0.15, -0.1) is 0 Å². The summed E-state index contributed by atoms with van der Waals surface area (Å²) in [7, 11) is 0. The van der Waals surface area contributed by atoms with E-state index in [0.717, 1.165) is 25.3 Å². The molecule has 4 aromatic carbocycles. The molecule has 0 atom stereocenters. The Balaban J connectivity index is 1.28. The van der Waals surface area contributed by atoms with Gasteiger partial charge in [0.25, 0.3) is 17.7 Å². The van der Waals surface area contributed by atoms with Crippen molar-refractivity contribution in [3.8, 4) is 5.75 Å². The Morgan fingerprint density at radius 1 is 0.833 bits per heavy atom. The molecule has 36 heavy (non-hydrogen) atoms. The lowest BCUT2D eigenvalue weighted by Crippen LogP contribution is -2.43. The number of aryl methyl sites for hydroxylation is 1. The van der Waals surface area contributed by atoms with Gasteiger partial charge in [-0.2, -0.15) is 0 Å². The minimum absolute atomic E-state index is 0.233. The van der Waals surface area contributed by atoms with Crippen LogP contribution in [0.4, 0.5) is 5.69 Å². The molecule has 0 aliphatic carbocycles. The number of hydrazine groups is 1. The average molecular weight is 611 g/mol. The molecule has 4 aromatic rings. The number of rotatable bonds is 6. The Bertz CT molecular complexity index is 1460. The van der Waals surface area contributed by atoms with Crippen molar-refractivity contribution in [2.24, 2.45) is 0 Å². The summed E-state index contributed by atoms with van der Waals surface area (Å²) in [6.45, 7) is 1.58.